The molecule has 4 nitrogen and oxygen atoms in total. The van der Waals surface area contributed by atoms with Crippen LogP contribution in [-0.4, -0.2) is 15.2 Å². The number of aromatic nitrogens is 3. The lowest BCUT2D eigenvalue weighted by atomic mass is 9.90. The molecule has 1 aliphatic carbocycles. The molecule has 1 aliphatic rings. The van der Waals surface area contributed by atoms with Crippen LogP contribution in [0.2, 0.25) is 0 Å². The molecule has 4 rings (SSSR count). The van der Waals surface area contributed by atoms with Crippen LogP contribution < -0.4 is 5.56 Å². The molecule has 110 valence electrons. The van der Waals surface area contributed by atoms with E-state index in [4.69, 9.17) is 0 Å². The topological polar surface area (TPSA) is 58.6 Å². The first-order chi connectivity index (χ1) is 10.8. The number of para-hydroxylation sites is 1. The summed E-state index contributed by atoms with van der Waals surface area (Å²) in [5.41, 5.74) is 5.20. The van der Waals surface area contributed by atoms with Crippen LogP contribution in [0.4, 0.5) is 0 Å². The molecule has 0 saturated carbocycles. The van der Waals surface area contributed by atoms with Crippen LogP contribution in [0.3, 0.4) is 0 Å². The lowest BCUT2D eigenvalue weighted by Crippen LogP contribution is -2.23. The number of fused-ring (bicyclic) bond motifs is 2. The molecule has 3 aromatic rings. The van der Waals surface area contributed by atoms with Crippen molar-refractivity contribution in [3.05, 3.63) is 69.3 Å². The predicted octanol–water partition coefficient (Wildman–Crippen LogP) is 2.79. The Balaban J connectivity index is 1.74. The summed E-state index contributed by atoms with van der Waals surface area (Å²) in [6, 6.07) is 10.3. The average Bonchev–Trinajstić information content (AvgIpc) is 2.58. The van der Waals surface area contributed by atoms with E-state index in [1.54, 1.807) is 0 Å². The van der Waals surface area contributed by atoms with Gasteiger partial charge >= 0.3 is 0 Å². The molecule has 4 heteroatoms. The van der Waals surface area contributed by atoms with Crippen LogP contribution in [0.1, 0.15) is 35.2 Å². The van der Waals surface area contributed by atoms with Gasteiger partial charge in [-0.1, -0.05) is 18.2 Å². The molecule has 2 heterocycles. The molecule has 0 bridgehead atoms. The molecule has 0 saturated heterocycles. The number of hydrogen-bond donors (Lipinski definition) is 1. The highest BCUT2D eigenvalue weighted by Crippen LogP contribution is 2.22. The Hall–Kier alpha value is -2.49. The summed E-state index contributed by atoms with van der Waals surface area (Å²) in [4.78, 5) is 16.4. The van der Waals surface area contributed by atoms with E-state index < -0.39 is 0 Å². The van der Waals surface area contributed by atoms with Crippen LogP contribution in [-0.2, 0) is 19.3 Å². The van der Waals surface area contributed by atoms with E-state index in [0.29, 0.717) is 0 Å². The molecule has 22 heavy (non-hydrogen) atoms. The Kier molecular flexibility index (Phi) is 3.22. The molecular weight excluding hydrogens is 274 g/mol. The second kappa shape index (κ2) is 5.37. The van der Waals surface area contributed by atoms with E-state index in [2.05, 4.69) is 27.3 Å². The van der Waals surface area contributed by atoms with Gasteiger partial charge in [0.05, 0.1) is 11.2 Å². The van der Waals surface area contributed by atoms with Gasteiger partial charge in [-0.15, -0.1) is 0 Å². The molecule has 0 aliphatic heterocycles. The minimum atomic E-state index is -0.0184. The smallest absolute Gasteiger partial charge is 0.267 e. The van der Waals surface area contributed by atoms with Crippen LogP contribution in [0, 0.1) is 0 Å². The summed E-state index contributed by atoms with van der Waals surface area (Å²) in [7, 11) is 0. The maximum atomic E-state index is 11.9. The van der Waals surface area contributed by atoms with E-state index in [1.807, 2.05) is 24.4 Å². The van der Waals surface area contributed by atoms with Gasteiger partial charge < -0.3 is 0 Å². The fourth-order valence-corrected chi connectivity index (χ4v) is 3.28. The highest BCUT2D eigenvalue weighted by Gasteiger charge is 2.18. The minimum absolute atomic E-state index is 0.0184. The number of hydrogen-bond acceptors (Lipinski definition) is 3. The quantitative estimate of drug-likeness (QED) is 0.790. The number of nitrogens with zero attached hydrogens (tertiary/aromatic N) is 2. The molecule has 1 aromatic carbocycles. The molecule has 2 aromatic heterocycles. The molecule has 0 spiro atoms. The number of pyridine rings is 1. The average molecular weight is 291 g/mol. The standard InChI is InChI=1S/C18H17N3O/c22-18-15-7-3-2-6-14(15)17(20-21-18)10-12-9-13-5-1-4-8-16(13)19-11-12/h1,4-5,8-9,11H,2-3,6-7,10H2,(H,21,22). The minimum Gasteiger partial charge on any atom is -0.268 e. The summed E-state index contributed by atoms with van der Waals surface area (Å²) in [6.45, 7) is 0. The largest absolute Gasteiger partial charge is 0.268 e. The monoisotopic (exact) mass is 291 g/mol. The van der Waals surface area contributed by atoms with Crippen molar-refractivity contribution in [3.8, 4) is 0 Å². The first kappa shape index (κ1) is 13.2. The summed E-state index contributed by atoms with van der Waals surface area (Å²) < 4.78 is 0. The zero-order chi connectivity index (χ0) is 14.9. The maximum absolute atomic E-state index is 11.9. The van der Waals surface area contributed by atoms with Gasteiger partial charge in [-0.25, -0.2) is 5.10 Å². The normalized spacial score (nSPS) is 14.0. The molecule has 0 amide bonds. The molecule has 0 fully saturated rings. The SMILES string of the molecule is O=c1[nH]nc(Cc2cnc3ccccc3c2)c2c1CCCC2. The first-order valence-electron chi connectivity index (χ1n) is 7.74. The summed E-state index contributed by atoms with van der Waals surface area (Å²) >= 11 is 0. The molecule has 1 N–H and O–H groups in total. The van der Waals surface area contributed by atoms with Crippen molar-refractivity contribution < 1.29 is 0 Å². The number of rotatable bonds is 2. The van der Waals surface area contributed by atoms with E-state index in [-0.39, 0.29) is 5.56 Å². The highest BCUT2D eigenvalue weighted by atomic mass is 16.1. The summed E-state index contributed by atoms with van der Waals surface area (Å²) in [5.74, 6) is 0. The third-order valence-electron chi connectivity index (χ3n) is 4.40. The van der Waals surface area contributed by atoms with Crippen molar-refractivity contribution in [1.82, 2.24) is 15.2 Å². The van der Waals surface area contributed by atoms with Gasteiger partial charge in [0.15, 0.2) is 0 Å². The van der Waals surface area contributed by atoms with Crippen molar-refractivity contribution in [2.75, 3.05) is 0 Å². The van der Waals surface area contributed by atoms with E-state index in [1.165, 1.54) is 0 Å². The lowest BCUT2D eigenvalue weighted by Gasteiger charge is -2.17. The van der Waals surface area contributed by atoms with Gasteiger partial charge in [0.2, 0.25) is 0 Å². The molecular formula is C18H17N3O. The molecule has 0 unspecified atom stereocenters. The Morgan fingerprint density at radius 3 is 2.82 bits per heavy atom. The fraction of sp³-hybridized carbons (Fsp3) is 0.278. The summed E-state index contributed by atoms with van der Waals surface area (Å²) in [5, 5.41) is 8.10. The third-order valence-corrected chi connectivity index (χ3v) is 4.40. The second-order valence-electron chi connectivity index (χ2n) is 5.88. The second-order valence-corrected chi connectivity index (χ2v) is 5.88. The Labute approximate surface area is 128 Å². The van der Waals surface area contributed by atoms with Gasteiger partial charge in [-0.2, -0.15) is 5.10 Å². The fourth-order valence-electron chi connectivity index (χ4n) is 3.28. The zero-order valence-corrected chi connectivity index (χ0v) is 12.3. The van der Waals surface area contributed by atoms with Crippen molar-refractivity contribution >= 4 is 10.9 Å². The highest BCUT2D eigenvalue weighted by molar-refractivity contribution is 5.78. The molecule has 0 atom stereocenters. The number of aromatic amines is 1. The van der Waals surface area contributed by atoms with Crippen LogP contribution in [0.5, 0.6) is 0 Å². The molecule has 0 radical (unpaired) electrons. The van der Waals surface area contributed by atoms with Gasteiger partial charge in [0.25, 0.3) is 5.56 Å². The van der Waals surface area contributed by atoms with E-state index in [9.17, 15) is 4.79 Å². The third kappa shape index (κ3) is 2.30. The van der Waals surface area contributed by atoms with Crippen molar-refractivity contribution in [3.63, 3.8) is 0 Å². The van der Waals surface area contributed by atoms with Crippen LogP contribution in [0.15, 0.2) is 41.3 Å². The number of H-pyrrole nitrogens is 1. The van der Waals surface area contributed by atoms with Crippen molar-refractivity contribution in [2.24, 2.45) is 0 Å². The van der Waals surface area contributed by atoms with Gasteiger partial charge in [-0.05, 0) is 48.9 Å². The van der Waals surface area contributed by atoms with Gasteiger partial charge in [-0.3, -0.25) is 9.78 Å². The Morgan fingerprint density at radius 1 is 1.09 bits per heavy atom. The Bertz CT molecular complexity index is 898. The summed E-state index contributed by atoms with van der Waals surface area (Å²) in [6.07, 6.45) is 6.69. The van der Waals surface area contributed by atoms with Crippen LogP contribution >= 0.6 is 0 Å². The van der Waals surface area contributed by atoms with Crippen molar-refractivity contribution in [1.29, 1.82) is 0 Å². The number of benzene rings is 1. The van der Waals surface area contributed by atoms with Crippen molar-refractivity contribution in [2.45, 2.75) is 32.1 Å². The lowest BCUT2D eigenvalue weighted by molar-refractivity contribution is 0.655. The number of nitrogens with one attached hydrogen (secondary N) is 1. The van der Waals surface area contributed by atoms with Crippen LogP contribution in [0.25, 0.3) is 10.9 Å². The van der Waals surface area contributed by atoms with E-state index in [0.717, 1.165) is 65.4 Å². The first-order valence-corrected chi connectivity index (χ1v) is 7.74. The predicted molar refractivity (Wildman–Crippen MR) is 86.0 cm³/mol. The van der Waals surface area contributed by atoms with Gasteiger partial charge in [0.1, 0.15) is 0 Å². The van der Waals surface area contributed by atoms with E-state index >= 15 is 0 Å². The maximum Gasteiger partial charge on any atom is 0.267 e. The Morgan fingerprint density at radius 2 is 1.91 bits per heavy atom. The zero-order valence-electron chi connectivity index (χ0n) is 12.3. The van der Waals surface area contributed by atoms with Gasteiger partial charge in [0, 0.05) is 23.6 Å².